The third-order valence-electron chi connectivity index (χ3n) is 5.70. The van der Waals surface area contributed by atoms with Crippen LogP contribution in [0.5, 0.6) is 5.75 Å². The summed E-state index contributed by atoms with van der Waals surface area (Å²) < 4.78 is 16.5. The zero-order valence-electron chi connectivity index (χ0n) is 18.5. The van der Waals surface area contributed by atoms with Crippen LogP contribution < -0.4 is 10.1 Å². The number of hydrogen-bond donors (Lipinski definition) is 1. The second-order valence-corrected chi connectivity index (χ2v) is 8.88. The van der Waals surface area contributed by atoms with Gasteiger partial charge < -0.3 is 19.3 Å². The summed E-state index contributed by atoms with van der Waals surface area (Å²) in [5, 5.41) is 9.15. The van der Waals surface area contributed by atoms with Gasteiger partial charge in [-0.25, -0.2) is 0 Å². The Morgan fingerprint density at radius 2 is 2.00 bits per heavy atom. The molecular weight excluding hydrogens is 426 g/mol. The molecule has 3 aromatic rings. The molecule has 1 atom stereocenters. The second kappa shape index (κ2) is 10.8. The van der Waals surface area contributed by atoms with Gasteiger partial charge in [-0.05, 0) is 43.0 Å². The highest BCUT2D eigenvalue weighted by Crippen LogP contribution is 2.25. The monoisotopic (exact) mass is 455 g/mol. The molecule has 8 heteroatoms. The molecular formula is C24H29N3O4S. The van der Waals surface area contributed by atoms with Crippen molar-refractivity contribution in [3.63, 3.8) is 0 Å². The maximum atomic E-state index is 12.6. The van der Waals surface area contributed by atoms with Crippen molar-refractivity contribution in [2.75, 3.05) is 32.8 Å². The molecule has 0 spiro atoms. The fraction of sp³-hybridized carbons (Fsp3) is 0.417. The number of amides is 1. The third kappa shape index (κ3) is 5.76. The number of aromatic nitrogens is 1. The largest absolute Gasteiger partial charge is 0.489 e. The van der Waals surface area contributed by atoms with Crippen molar-refractivity contribution in [1.29, 1.82) is 0 Å². The van der Waals surface area contributed by atoms with Crippen molar-refractivity contribution in [3.05, 3.63) is 69.2 Å². The lowest BCUT2D eigenvalue weighted by atomic mass is 10.1. The quantitative estimate of drug-likeness (QED) is 0.531. The fourth-order valence-electron chi connectivity index (χ4n) is 3.81. The molecule has 1 aromatic carbocycles. The van der Waals surface area contributed by atoms with Crippen molar-refractivity contribution in [3.8, 4) is 5.75 Å². The van der Waals surface area contributed by atoms with Crippen LogP contribution in [0.1, 0.15) is 33.5 Å². The van der Waals surface area contributed by atoms with Crippen molar-refractivity contribution in [2.45, 2.75) is 32.9 Å². The Morgan fingerprint density at radius 1 is 1.22 bits per heavy atom. The number of morpholine rings is 1. The standard InChI is InChI=1S/C24H29N3O4S/c1-17-21(18(2)31-26-17)16-30-20-7-5-19(6-8-20)14-24(28)25-15-22(23-4-3-13-32-23)27-9-11-29-12-10-27/h3-8,13,22H,9-12,14-16H2,1-2H3,(H,25,28)/t22-/m0/s1. The van der Waals surface area contributed by atoms with Crippen LogP contribution in [0, 0.1) is 13.8 Å². The lowest BCUT2D eigenvalue weighted by Gasteiger charge is -2.34. The van der Waals surface area contributed by atoms with Crippen LogP contribution in [0.3, 0.4) is 0 Å². The summed E-state index contributed by atoms with van der Waals surface area (Å²) in [4.78, 5) is 16.3. The predicted molar refractivity (Wildman–Crippen MR) is 123 cm³/mol. The average molecular weight is 456 g/mol. The van der Waals surface area contributed by atoms with E-state index in [0.717, 1.165) is 54.6 Å². The minimum absolute atomic E-state index is 0.0178. The number of hydrogen-bond acceptors (Lipinski definition) is 7. The molecule has 32 heavy (non-hydrogen) atoms. The molecule has 3 heterocycles. The van der Waals surface area contributed by atoms with Gasteiger partial charge in [-0.3, -0.25) is 9.69 Å². The van der Waals surface area contributed by atoms with E-state index in [2.05, 4.69) is 32.9 Å². The minimum atomic E-state index is 0.0178. The Bertz CT molecular complexity index is 975. The molecule has 1 aliphatic heterocycles. The Morgan fingerprint density at radius 3 is 2.66 bits per heavy atom. The van der Waals surface area contributed by atoms with Crippen molar-refractivity contribution >= 4 is 17.2 Å². The molecule has 2 aromatic heterocycles. The van der Waals surface area contributed by atoms with Gasteiger partial charge in [0.05, 0.1) is 36.9 Å². The van der Waals surface area contributed by atoms with Gasteiger partial charge in [-0.15, -0.1) is 11.3 Å². The normalized spacial score (nSPS) is 15.4. The molecule has 1 fully saturated rings. The van der Waals surface area contributed by atoms with E-state index in [0.29, 0.717) is 19.6 Å². The molecule has 1 amide bonds. The molecule has 0 unspecified atom stereocenters. The summed E-state index contributed by atoms with van der Waals surface area (Å²) >= 11 is 1.73. The molecule has 1 N–H and O–H groups in total. The number of rotatable bonds is 9. The maximum Gasteiger partial charge on any atom is 0.224 e. The number of nitrogens with zero attached hydrogens (tertiary/aromatic N) is 2. The number of aryl methyl sites for hydroxylation is 2. The first-order chi connectivity index (χ1) is 15.6. The van der Waals surface area contributed by atoms with E-state index in [1.807, 2.05) is 38.1 Å². The van der Waals surface area contributed by atoms with Gasteiger partial charge in [0, 0.05) is 24.5 Å². The molecule has 170 valence electrons. The molecule has 0 radical (unpaired) electrons. The van der Waals surface area contributed by atoms with Crippen LogP contribution in [0.15, 0.2) is 46.3 Å². The average Bonchev–Trinajstić information content (AvgIpc) is 3.45. The smallest absolute Gasteiger partial charge is 0.224 e. The Labute approximate surface area is 192 Å². The number of carbonyl (C=O) groups is 1. The predicted octanol–water partition coefficient (Wildman–Crippen LogP) is 3.66. The van der Waals surface area contributed by atoms with Crippen molar-refractivity contribution < 1.29 is 18.8 Å². The third-order valence-corrected chi connectivity index (χ3v) is 6.68. The second-order valence-electron chi connectivity index (χ2n) is 7.90. The number of nitrogens with one attached hydrogen (secondary N) is 1. The van der Waals surface area contributed by atoms with Crippen LogP contribution in [-0.2, 0) is 22.6 Å². The van der Waals surface area contributed by atoms with Gasteiger partial charge in [0.25, 0.3) is 0 Å². The minimum Gasteiger partial charge on any atom is -0.489 e. The summed E-state index contributed by atoms with van der Waals surface area (Å²) in [6.07, 6.45) is 0.338. The molecule has 0 saturated carbocycles. The fourth-order valence-corrected chi connectivity index (χ4v) is 4.67. The van der Waals surface area contributed by atoms with E-state index in [4.69, 9.17) is 14.0 Å². The maximum absolute atomic E-state index is 12.6. The first-order valence-corrected chi connectivity index (χ1v) is 11.7. The number of benzene rings is 1. The van der Waals surface area contributed by atoms with Crippen LogP contribution in [0.4, 0.5) is 0 Å². The van der Waals surface area contributed by atoms with Gasteiger partial charge in [0.15, 0.2) is 0 Å². The molecule has 1 aliphatic rings. The highest BCUT2D eigenvalue weighted by atomic mass is 32.1. The Hall–Kier alpha value is -2.68. The zero-order valence-corrected chi connectivity index (χ0v) is 19.3. The highest BCUT2D eigenvalue weighted by molar-refractivity contribution is 7.10. The van der Waals surface area contributed by atoms with Crippen molar-refractivity contribution in [2.24, 2.45) is 0 Å². The summed E-state index contributed by atoms with van der Waals surface area (Å²) in [5.74, 6) is 1.54. The Kier molecular flexibility index (Phi) is 7.57. The van der Waals surface area contributed by atoms with Crippen LogP contribution in [-0.4, -0.2) is 48.8 Å². The Balaban J connectivity index is 1.28. The number of thiophene rings is 1. The van der Waals surface area contributed by atoms with E-state index < -0.39 is 0 Å². The first kappa shape index (κ1) is 22.5. The summed E-state index contributed by atoms with van der Waals surface area (Å²) in [6, 6.07) is 12.0. The molecule has 0 bridgehead atoms. The molecule has 1 saturated heterocycles. The van der Waals surface area contributed by atoms with E-state index >= 15 is 0 Å². The van der Waals surface area contributed by atoms with Gasteiger partial charge in [-0.1, -0.05) is 23.4 Å². The highest BCUT2D eigenvalue weighted by Gasteiger charge is 2.24. The molecule has 7 nitrogen and oxygen atoms in total. The number of carbonyl (C=O) groups excluding carboxylic acids is 1. The molecule has 0 aliphatic carbocycles. The topological polar surface area (TPSA) is 76.8 Å². The summed E-state index contributed by atoms with van der Waals surface area (Å²) in [5.41, 5.74) is 2.76. The van der Waals surface area contributed by atoms with E-state index in [9.17, 15) is 4.79 Å². The van der Waals surface area contributed by atoms with E-state index in [1.54, 1.807) is 11.3 Å². The van der Waals surface area contributed by atoms with Gasteiger partial charge in [0.1, 0.15) is 18.1 Å². The summed E-state index contributed by atoms with van der Waals surface area (Å²) in [7, 11) is 0. The van der Waals surface area contributed by atoms with Gasteiger partial charge in [-0.2, -0.15) is 0 Å². The lowest BCUT2D eigenvalue weighted by Crippen LogP contribution is -2.43. The van der Waals surface area contributed by atoms with Crippen LogP contribution in [0.25, 0.3) is 0 Å². The van der Waals surface area contributed by atoms with E-state index in [1.165, 1.54) is 4.88 Å². The van der Waals surface area contributed by atoms with Crippen LogP contribution >= 0.6 is 11.3 Å². The van der Waals surface area contributed by atoms with Gasteiger partial charge in [0.2, 0.25) is 5.91 Å². The van der Waals surface area contributed by atoms with Crippen LogP contribution in [0.2, 0.25) is 0 Å². The lowest BCUT2D eigenvalue weighted by molar-refractivity contribution is -0.120. The first-order valence-electron chi connectivity index (χ1n) is 10.9. The molecule has 4 rings (SSSR count). The summed E-state index contributed by atoms with van der Waals surface area (Å²) in [6.45, 7) is 8.02. The van der Waals surface area contributed by atoms with E-state index in [-0.39, 0.29) is 11.9 Å². The number of ether oxygens (including phenoxy) is 2. The zero-order chi connectivity index (χ0) is 22.3. The van der Waals surface area contributed by atoms with Crippen molar-refractivity contribution in [1.82, 2.24) is 15.4 Å². The van der Waals surface area contributed by atoms with Gasteiger partial charge >= 0.3 is 0 Å². The SMILES string of the molecule is Cc1noc(C)c1COc1ccc(CC(=O)NC[C@@H](c2cccs2)N2CCOCC2)cc1.